The Labute approximate surface area is 97.8 Å². The van der Waals surface area contributed by atoms with Crippen LogP contribution in [0.1, 0.15) is 6.42 Å². The van der Waals surface area contributed by atoms with Crippen molar-refractivity contribution in [3.63, 3.8) is 0 Å². The zero-order valence-corrected chi connectivity index (χ0v) is 9.37. The average Bonchev–Trinajstić information content (AvgIpc) is 2.47. The van der Waals surface area contributed by atoms with E-state index in [2.05, 4.69) is 15.3 Å². The van der Waals surface area contributed by atoms with Crippen molar-refractivity contribution in [3.8, 4) is 0 Å². The Hall–Kier alpha value is -1.56. The lowest BCUT2D eigenvalue weighted by molar-refractivity contribution is -0.119. The monoisotopic (exact) mass is 241 g/mol. The lowest BCUT2D eigenvalue weighted by atomic mass is 10.3. The van der Waals surface area contributed by atoms with Gasteiger partial charge in [0, 0.05) is 13.1 Å². The van der Waals surface area contributed by atoms with Gasteiger partial charge in [-0.15, -0.1) is 0 Å². The molecule has 2 heterocycles. The van der Waals surface area contributed by atoms with Crippen LogP contribution in [-0.2, 0) is 4.79 Å². The number of rotatable bonds is 1. The SMILES string of the molecule is Nc1c(Cl)ncnc1N1CCCNC(=O)C1. The molecule has 0 aliphatic carbocycles. The number of aromatic nitrogens is 2. The molecule has 1 saturated heterocycles. The van der Waals surface area contributed by atoms with Crippen LogP contribution in [0.4, 0.5) is 11.5 Å². The first kappa shape index (κ1) is 10.9. The van der Waals surface area contributed by atoms with Crippen molar-refractivity contribution in [2.75, 3.05) is 30.3 Å². The Morgan fingerprint density at radius 3 is 3.12 bits per heavy atom. The molecular weight excluding hydrogens is 230 g/mol. The second kappa shape index (κ2) is 4.52. The largest absolute Gasteiger partial charge is 0.393 e. The molecule has 86 valence electrons. The molecule has 0 spiro atoms. The minimum Gasteiger partial charge on any atom is -0.393 e. The summed E-state index contributed by atoms with van der Waals surface area (Å²) in [5.74, 6) is 0.490. The van der Waals surface area contributed by atoms with Gasteiger partial charge in [0.25, 0.3) is 0 Å². The highest BCUT2D eigenvalue weighted by Crippen LogP contribution is 2.25. The number of amides is 1. The minimum atomic E-state index is -0.0355. The summed E-state index contributed by atoms with van der Waals surface area (Å²) in [5.41, 5.74) is 6.10. The Balaban J connectivity index is 2.28. The predicted molar refractivity (Wildman–Crippen MR) is 61.3 cm³/mol. The molecule has 1 amide bonds. The molecule has 16 heavy (non-hydrogen) atoms. The van der Waals surface area contributed by atoms with Crippen molar-refractivity contribution in [1.82, 2.24) is 15.3 Å². The van der Waals surface area contributed by atoms with Crippen LogP contribution in [-0.4, -0.2) is 35.5 Å². The van der Waals surface area contributed by atoms with Crippen LogP contribution >= 0.6 is 11.6 Å². The number of nitrogens with one attached hydrogen (secondary N) is 1. The number of carbonyl (C=O) groups excluding carboxylic acids is 1. The van der Waals surface area contributed by atoms with Crippen LogP contribution < -0.4 is 16.0 Å². The van der Waals surface area contributed by atoms with Crippen LogP contribution in [0.25, 0.3) is 0 Å². The first-order valence-electron chi connectivity index (χ1n) is 4.96. The van der Waals surface area contributed by atoms with Crippen molar-refractivity contribution < 1.29 is 4.79 Å². The second-order valence-corrected chi connectivity index (χ2v) is 3.88. The summed E-state index contributed by atoms with van der Waals surface area (Å²) in [7, 11) is 0. The maximum absolute atomic E-state index is 11.4. The first-order chi connectivity index (χ1) is 7.68. The van der Waals surface area contributed by atoms with Crippen LogP contribution in [0.5, 0.6) is 0 Å². The molecule has 1 fully saturated rings. The van der Waals surface area contributed by atoms with Gasteiger partial charge in [0.15, 0.2) is 11.0 Å². The van der Waals surface area contributed by atoms with E-state index in [9.17, 15) is 4.79 Å². The minimum absolute atomic E-state index is 0.0355. The van der Waals surface area contributed by atoms with Crippen LogP contribution in [0, 0.1) is 0 Å². The predicted octanol–water partition coefficient (Wildman–Crippen LogP) is 0.0385. The van der Waals surface area contributed by atoms with Crippen LogP contribution in [0.15, 0.2) is 6.33 Å². The molecule has 1 aliphatic heterocycles. The summed E-state index contributed by atoms with van der Waals surface area (Å²) >= 11 is 5.81. The summed E-state index contributed by atoms with van der Waals surface area (Å²) in [6, 6.07) is 0. The summed E-state index contributed by atoms with van der Waals surface area (Å²) < 4.78 is 0. The zero-order valence-electron chi connectivity index (χ0n) is 8.61. The quantitative estimate of drug-likeness (QED) is 0.678. The molecule has 0 radical (unpaired) electrons. The van der Waals surface area contributed by atoms with E-state index in [0.717, 1.165) is 13.0 Å². The van der Waals surface area contributed by atoms with Gasteiger partial charge in [0.05, 0.1) is 6.54 Å². The topological polar surface area (TPSA) is 84.1 Å². The fourth-order valence-electron chi connectivity index (χ4n) is 1.60. The van der Waals surface area contributed by atoms with Gasteiger partial charge >= 0.3 is 0 Å². The highest BCUT2D eigenvalue weighted by molar-refractivity contribution is 6.32. The fourth-order valence-corrected chi connectivity index (χ4v) is 1.73. The van der Waals surface area contributed by atoms with Gasteiger partial charge in [-0.2, -0.15) is 0 Å². The maximum atomic E-state index is 11.4. The summed E-state index contributed by atoms with van der Waals surface area (Å²) in [5, 5.41) is 3.00. The Morgan fingerprint density at radius 2 is 2.31 bits per heavy atom. The molecule has 0 unspecified atom stereocenters. The van der Waals surface area contributed by atoms with Gasteiger partial charge in [-0.3, -0.25) is 4.79 Å². The number of nitrogens with zero attached hydrogens (tertiary/aromatic N) is 3. The lowest BCUT2D eigenvalue weighted by Crippen LogP contribution is -2.34. The maximum Gasteiger partial charge on any atom is 0.239 e. The molecule has 7 heteroatoms. The molecule has 0 atom stereocenters. The van der Waals surface area contributed by atoms with Gasteiger partial charge in [-0.1, -0.05) is 11.6 Å². The van der Waals surface area contributed by atoms with E-state index < -0.39 is 0 Å². The molecule has 0 saturated carbocycles. The Morgan fingerprint density at radius 1 is 1.50 bits per heavy atom. The van der Waals surface area contributed by atoms with Crippen molar-refractivity contribution in [1.29, 1.82) is 0 Å². The van der Waals surface area contributed by atoms with Gasteiger partial charge in [0.2, 0.25) is 5.91 Å². The van der Waals surface area contributed by atoms with Gasteiger partial charge in [0.1, 0.15) is 12.0 Å². The van der Waals surface area contributed by atoms with Crippen molar-refractivity contribution in [2.45, 2.75) is 6.42 Å². The first-order valence-corrected chi connectivity index (χ1v) is 5.34. The van der Waals surface area contributed by atoms with Crippen molar-refractivity contribution in [3.05, 3.63) is 11.5 Å². The van der Waals surface area contributed by atoms with E-state index in [-0.39, 0.29) is 17.6 Å². The van der Waals surface area contributed by atoms with Crippen LogP contribution in [0.3, 0.4) is 0 Å². The summed E-state index contributed by atoms with van der Waals surface area (Å²) in [6.45, 7) is 1.64. The number of anilines is 2. The highest BCUT2D eigenvalue weighted by Gasteiger charge is 2.19. The lowest BCUT2D eigenvalue weighted by Gasteiger charge is -2.21. The van der Waals surface area contributed by atoms with E-state index in [4.69, 9.17) is 17.3 Å². The van der Waals surface area contributed by atoms with Crippen molar-refractivity contribution >= 4 is 29.0 Å². The second-order valence-electron chi connectivity index (χ2n) is 3.53. The third kappa shape index (κ3) is 2.16. The Bertz CT molecular complexity index is 411. The molecule has 0 aromatic carbocycles. The number of hydrogen-bond donors (Lipinski definition) is 2. The number of halogens is 1. The highest BCUT2D eigenvalue weighted by atomic mass is 35.5. The van der Waals surface area contributed by atoms with Gasteiger partial charge in [-0.25, -0.2) is 9.97 Å². The molecule has 1 aromatic rings. The van der Waals surface area contributed by atoms with E-state index in [1.165, 1.54) is 6.33 Å². The summed E-state index contributed by atoms with van der Waals surface area (Å²) in [6.07, 6.45) is 2.20. The smallest absolute Gasteiger partial charge is 0.239 e. The number of nitrogens with two attached hydrogens (primary N) is 1. The standard InChI is InChI=1S/C9H12ClN5O/c10-8-7(11)9(14-5-13-8)15-3-1-2-12-6(16)4-15/h5H,1-4,11H2,(H,12,16). The molecule has 0 bridgehead atoms. The van der Waals surface area contributed by atoms with E-state index in [1.54, 1.807) is 0 Å². The van der Waals surface area contributed by atoms with E-state index >= 15 is 0 Å². The third-order valence-corrected chi connectivity index (χ3v) is 2.68. The molecule has 3 N–H and O–H groups in total. The average molecular weight is 242 g/mol. The van der Waals surface area contributed by atoms with Crippen LogP contribution in [0.2, 0.25) is 5.15 Å². The fraction of sp³-hybridized carbons (Fsp3) is 0.444. The van der Waals surface area contributed by atoms with E-state index in [1.807, 2.05) is 4.90 Å². The summed E-state index contributed by atoms with van der Waals surface area (Å²) in [4.78, 5) is 21.0. The van der Waals surface area contributed by atoms with Gasteiger partial charge < -0.3 is 16.0 Å². The molecule has 6 nitrogen and oxygen atoms in total. The normalized spacial score (nSPS) is 16.8. The number of carbonyl (C=O) groups is 1. The third-order valence-electron chi connectivity index (χ3n) is 2.38. The zero-order chi connectivity index (χ0) is 11.5. The molecule has 1 aromatic heterocycles. The Kier molecular flexibility index (Phi) is 3.09. The van der Waals surface area contributed by atoms with Gasteiger partial charge in [-0.05, 0) is 6.42 Å². The molecular formula is C9H12ClN5O. The van der Waals surface area contributed by atoms with E-state index in [0.29, 0.717) is 18.1 Å². The number of nitrogen functional groups attached to an aromatic ring is 1. The molecule has 2 rings (SSSR count). The van der Waals surface area contributed by atoms with Crippen molar-refractivity contribution in [2.24, 2.45) is 0 Å². The number of hydrogen-bond acceptors (Lipinski definition) is 5. The molecule has 1 aliphatic rings.